The van der Waals surface area contributed by atoms with Gasteiger partial charge in [-0.2, -0.15) is 24.5 Å². The lowest BCUT2D eigenvalue weighted by Crippen LogP contribution is -2.49. The van der Waals surface area contributed by atoms with Crippen molar-refractivity contribution < 1.29 is 27.9 Å². The number of carboxylic acids is 1. The van der Waals surface area contributed by atoms with Crippen LogP contribution in [0.2, 0.25) is 0 Å². The number of benzene rings is 1. The normalized spacial score (nSPS) is 25.4. The summed E-state index contributed by atoms with van der Waals surface area (Å²) >= 11 is 1.71. The zero-order valence-electron chi connectivity index (χ0n) is 16.9. The summed E-state index contributed by atoms with van der Waals surface area (Å²) in [5, 5.41) is 11.4. The van der Waals surface area contributed by atoms with Gasteiger partial charge < -0.3 is 10.8 Å². The topological polar surface area (TPSA) is 96.0 Å². The van der Waals surface area contributed by atoms with Gasteiger partial charge in [0.15, 0.2) is 5.96 Å². The van der Waals surface area contributed by atoms with Crippen LogP contribution in [0.15, 0.2) is 46.1 Å². The van der Waals surface area contributed by atoms with Gasteiger partial charge in [-0.05, 0) is 58.7 Å². The third-order valence-electron chi connectivity index (χ3n) is 5.60. The summed E-state index contributed by atoms with van der Waals surface area (Å²) < 4.78 is 31.7. The molecule has 166 valence electrons. The average molecular weight is 453 g/mol. The largest absolute Gasteiger partial charge is 0.490 e. The molecule has 1 amide bonds. The Morgan fingerprint density at radius 3 is 2.55 bits per heavy atom. The first-order valence-corrected chi connectivity index (χ1v) is 10.4. The molecule has 10 heteroatoms. The highest BCUT2D eigenvalue weighted by Gasteiger charge is 2.53. The van der Waals surface area contributed by atoms with E-state index in [-0.39, 0.29) is 11.4 Å². The van der Waals surface area contributed by atoms with E-state index in [0.717, 1.165) is 6.42 Å². The molecular weight excluding hydrogens is 431 g/mol. The first kappa shape index (κ1) is 22.8. The molecule has 1 aromatic carbocycles. The number of aliphatic carboxylic acids is 1. The van der Waals surface area contributed by atoms with Crippen molar-refractivity contribution in [3.05, 3.63) is 46.7 Å². The molecule has 1 aliphatic heterocycles. The van der Waals surface area contributed by atoms with Crippen LogP contribution in [0.4, 0.5) is 13.2 Å². The molecule has 3 atom stereocenters. The van der Waals surface area contributed by atoms with Crippen LogP contribution in [0.3, 0.4) is 0 Å². The maximum absolute atomic E-state index is 12.2. The fraction of sp³-hybridized carbons (Fsp3) is 0.381. The van der Waals surface area contributed by atoms with E-state index in [1.807, 2.05) is 0 Å². The molecule has 4 rings (SSSR count). The zero-order valence-corrected chi connectivity index (χ0v) is 17.7. The van der Waals surface area contributed by atoms with E-state index in [9.17, 15) is 18.0 Å². The number of hydrogen-bond acceptors (Lipinski definition) is 5. The van der Waals surface area contributed by atoms with Gasteiger partial charge in [0, 0.05) is 7.05 Å². The molecule has 2 heterocycles. The maximum atomic E-state index is 12.2. The lowest BCUT2D eigenvalue weighted by atomic mass is 9.88. The molecule has 1 fully saturated rings. The molecule has 2 aliphatic rings. The summed E-state index contributed by atoms with van der Waals surface area (Å²) in [4.78, 5) is 27.2. The number of guanidine groups is 1. The molecule has 0 spiro atoms. The van der Waals surface area contributed by atoms with Crippen molar-refractivity contribution in [1.29, 1.82) is 0 Å². The SMILES string of the molecule is CN1C(=O)C[C@@](C)([C@@H]2C[C@H]2c2cccc(-c3ccsc3)c2)N=C1N.O=C(O)C(F)(F)F. The molecule has 0 unspecified atom stereocenters. The second-order valence-corrected chi connectivity index (χ2v) is 8.63. The van der Waals surface area contributed by atoms with Crippen LogP contribution >= 0.6 is 11.3 Å². The third kappa shape index (κ3) is 5.07. The van der Waals surface area contributed by atoms with Gasteiger partial charge in [0.1, 0.15) is 0 Å². The van der Waals surface area contributed by atoms with Crippen LogP contribution in [0.25, 0.3) is 11.1 Å². The van der Waals surface area contributed by atoms with Crippen LogP contribution in [0.5, 0.6) is 0 Å². The highest BCUT2D eigenvalue weighted by atomic mass is 32.1. The van der Waals surface area contributed by atoms with Gasteiger partial charge in [0.05, 0.1) is 12.0 Å². The average Bonchev–Trinajstić information content (AvgIpc) is 3.33. The number of halogens is 3. The number of carbonyl (C=O) groups is 2. The minimum absolute atomic E-state index is 0.0580. The number of alkyl halides is 3. The second-order valence-electron chi connectivity index (χ2n) is 7.85. The number of amides is 1. The summed E-state index contributed by atoms with van der Waals surface area (Å²) in [6.45, 7) is 2.07. The Balaban J connectivity index is 0.000000339. The van der Waals surface area contributed by atoms with E-state index in [0.29, 0.717) is 24.2 Å². The number of aliphatic imine (C=N–C) groups is 1. The van der Waals surface area contributed by atoms with Gasteiger partial charge in [0.2, 0.25) is 5.91 Å². The van der Waals surface area contributed by atoms with Gasteiger partial charge in [-0.1, -0.05) is 24.3 Å². The smallest absolute Gasteiger partial charge is 0.475 e. The van der Waals surface area contributed by atoms with E-state index in [1.54, 1.807) is 18.4 Å². The van der Waals surface area contributed by atoms with E-state index < -0.39 is 12.1 Å². The van der Waals surface area contributed by atoms with Crippen LogP contribution in [0, 0.1) is 5.92 Å². The van der Waals surface area contributed by atoms with Crippen molar-refractivity contribution in [1.82, 2.24) is 4.90 Å². The number of carbonyl (C=O) groups excluding carboxylic acids is 1. The number of nitrogens with two attached hydrogens (primary N) is 1. The second kappa shape index (κ2) is 8.33. The van der Waals surface area contributed by atoms with E-state index in [4.69, 9.17) is 15.6 Å². The number of rotatable bonds is 3. The fourth-order valence-electron chi connectivity index (χ4n) is 3.77. The van der Waals surface area contributed by atoms with Crippen molar-refractivity contribution in [3.8, 4) is 11.1 Å². The van der Waals surface area contributed by atoms with Crippen LogP contribution in [-0.4, -0.2) is 46.6 Å². The van der Waals surface area contributed by atoms with Crippen molar-refractivity contribution >= 4 is 29.2 Å². The Hall–Kier alpha value is -2.88. The molecule has 31 heavy (non-hydrogen) atoms. The Morgan fingerprint density at radius 2 is 2.00 bits per heavy atom. The van der Waals surface area contributed by atoms with Gasteiger partial charge >= 0.3 is 12.1 Å². The Morgan fingerprint density at radius 1 is 1.32 bits per heavy atom. The van der Waals surface area contributed by atoms with Crippen LogP contribution in [0.1, 0.15) is 31.2 Å². The molecule has 0 saturated heterocycles. The number of carboxylic acid groups (broad SMARTS) is 1. The molecule has 0 bridgehead atoms. The number of thiophene rings is 1. The fourth-order valence-corrected chi connectivity index (χ4v) is 4.44. The van der Waals surface area contributed by atoms with Crippen molar-refractivity contribution in [3.63, 3.8) is 0 Å². The maximum Gasteiger partial charge on any atom is 0.490 e. The first-order valence-electron chi connectivity index (χ1n) is 9.47. The summed E-state index contributed by atoms with van der Waals surface area (Å²) in [6, 6.07) is 10.9. The summed E-state index contributed by atoms with van der Waals surface area (Å²) in [7, 11) is 1.69. The van der Waals surface area contributed by atoms with Gasteiger partial charge in [0.25, 0.3) is 0 Å². The Kier molecular flexibility index (Phi) is 6.13. The molecule has 2 aromatic rings. The Bertz CT molecular complexity index is 1010. The predicted octanol–water partition coefficient (Wildman–Crippen LogP) is 4.09. The molecular formula is C21H22F3N3O3S. The molecule has 3 N–H and O–H groups in total. The van der Waals surface area contributed by atoms with Gasteiger partial charge in [-0.15, -0.1) is 0 Å². The van der Waals surface area contributed by atoms with E-state index in [1.165, 1.54) is 21.6 Å². The lowest BCUT2D eigenvalue weighted by Gasteiger charge is -2.33. The van der Waals surface area contributed by atoms with Gasteiger partial charge in [-0.3, -0.25) is 9.69 Å². The molecule has 0 radical (unpaired) electrons. The molecule has 1 aromatic heterocycles. The summed E-state index contributed by atoms with van der Waals surface area (Å²) in [6.07, 6.45) is -3.58. The highest BCUT2D eigenvalue weighted by molar-refractivity contribution is 7.08. The number of hydrogen-bond donors (Lipinski definition) is 2. The number of nitrogens with zero attached hydrogens (tertiary/aromatic N) is 2. The van der Waals surface area contributed by atoms with Crippen molar-refractivity contribution in [2.75, 3.05) is 7.05 Å². The van der Waals surface area contributed by atoms with Gasteiger partial charge in [-0.25, -0.2) is 9.79 Å². The van der Waals surface area contributed by atoms with Crippen LogP contribution < -0.4 is 5.73 Å². The first-order chi connectivity index (χ1) is 14.4. The summed E-state index contributed by atoms with van der Waals surface area (Å²) in [5.41, 5.74) is 9.42. The molecule has 1 saturated carbocycles. The third-order valence-corrected chi connectivity index (χ3v) is 6.28. The predicted molar refractivity (Wildman–Crippen MR) is 112 cm³/mol. The monoisotopic (exact) mass is 453 g/mol. The molecule has 6 nitrogen and oxygen atoms in total. The highest BCUT2D eigenvalue weighted by Crippen LogP contribution is 2.56. The Labute approximate surface area is 181 Å². The minimum Gasteiger partial charge on any atom is -0.475 e. The van der Waals surface area contributed by atoms with E-state index >= 15 is 0 Å². The standard InChI is InChI=1S/C19H21N3OS.C2HF3O2/c1-19(10-17(23)22(2)18(20)21-19)16-9-15(16)13-5-3-4-12(8-13)14-6-7-24-11-14;3-2(4,5)1(6)7/h3-8,11,15-16H,9-10H2,1-2H3,(H2,20,21);(H,6,7)/t15-,16+,19-;/m0./s1. The van der Waals surface area contributed by atoms with Crippen molar-refractivity contribution in [2.45, 2.75) is 37.4 Å². The summed E-state index contributed by atoms with van der Waals surface area (Å²) in [5.74, 6) is -1.52. The lowest BCUT2D eigenvalue weighted by molar-refractivity contribution is -0.192. The van der Waals surface area contributed by atoms with Crippen LogP contribution in [-0.2, 0) is 9.59 Å². The van der Waals surface area contributed by atoms with E-state index in [2.05, 4.69) is 53.0 Å². The minimum atomic E-state index is -5.08. The zero-order chi connectivity index (χ0) is 23.0. The van der Waals surface area contributed by atoms with Crippen molar-refractivity contribution in [2.24, 2.45) is 16.6 Å². The molecule has 1 aliphatic carbocycles. The quantitative estimate of drug-likeness (QED) is 0.732.